The molecule has 0 bridgehead atoms. The van der Waals surface area contributed by atoms with E-state index in [4.69, 9.17) is 4.98 Å². The fourth-order valence-electron chi connectivity index (χ4n) is 5.19. The van der Waals surface area contributed by atoms with Gasteiger partial charge < -0.3 is 9.80 Å². The van der Waals surface area contributed by atoms with Gasteiger partial charge in [0.05, 0.1) is 24.6 Å². The molecule has 0 spiro atoms. The van der Waals surface area contributed by atoms with Crippen LogP contribution in [0.5, 0.6) is 0 Å². The standard InChI is InChI=1S/C27H38N6O.C2H6/c1-21(2)22-6-8-23(9-7-22)25-18-29-26(19-28-25)32-12-10-30(11-13-32)20-27(34)33-16-14-31(15-17-33)24-4-3-5-24;1-2/h6-9,18-19,21,24H,3-5,10-17,20H2,1-2H3;1-2H3. The number of piperazine rings is 2. The Morgan fingerprint density at radius 1 is 0.889 bits per heavy atom. The SMILES string of the molecule is CC.CC(C)c1ccc(-c2cnc(N3CCN(CC(=O)N4CCN(C5CCC5)CC4)CC3)cn2)cc1. The number of anilines is 1. The summed E-state index contributed by atoms with van der Waals surface area (Å²) in [4.78, 5) is 31.4. The summed E-state index contributed by atoms with van der Waals surface area (Å²) in [5, 5.41) is 0. The van der Waals surface area contributed by atoms with Crippen LogP contribution in [0.15, 0.2) is 36.7 Å². The fraction of sp³-hybridized carbons (Fsp3) is 0.621. The molecular weight excluding hydrogens is 448 g/mol. The summed E-state index contributed by atoms with van der Waals surface area (Å²) in [6.45, 7) is 16.3. The highest BCUT2D eigenvalue weighted by Gasteiger charge is 2.30. The molecule has 2 aromatic rings. The zero-order chi connectivity index (χ0) is 25.5. The number of benzene rings is 1. The molecule has 0 radical (unpaired) electrons. The van der Waals surface area contributed by atoms with E-state index in [0.717, 1.165) is 75.5 Å². The molecule has 5 rings (SSSR count). The van der Waals surface area contributed by atoms with Crippen molar-refractivity contribution < 1.29 is 4.79 Å². The molecule has 1 aromatic carbocycles. The number of aromatic nitrogens is 2. The predicted molar refractivity (Wildman–Crippen MR) is 147 cm³/mol. The van der Waals surface area contributed by atoms with Gasteiger partial charge in [-0.05, 0) is 24.3 Å². The normalized spacial score (nSPS) is 19.6. The van der Waals surface area contributed by atoms with Crippen molar-refractivity contribution in [1.29, 1.82) is 0 Å². The molecule has 7 nitrogen and oxygen atoms in total. The first-order valence-corrected chi connectivity index (χ1v) is 14.0. The minimum atomic E-state index is 0.286. The second-order valence-corrected chi connectivity index (χ2v) is 10.3. The third kappa shape index (κ3) is 6.43. The molecule has 2 aliphatic heterocycles. The molecule has 1 saturated carbocycles. The summed E-state index contributed by atoms with van der Waals surface area (Å²) in [6.07, 6.45) is 7.82. The summed E-state index contributed by atoms with van der Waals surface area (Å²) in [6, 6.07) is 9.38. The van der Waals surface area contributed by atoms with E-state index >= 15 is 0 Å². The molecule has 0 unspecified atom stereocenters. The third-order valence-corrected chi connectivity index (χ3v) is 7.82. The number of amides is 1. The van der Waals surface area contributed by atoms with Gasteiger partial charge in [-0.1, -0.05) is 58.4 Å². The zero-order valence-electron chi connectivity index (χ0n) is 22.7. The number of nitrogens with zero attached hydrogens (tertiary/aromatic N) is 6. The third-order valence-electron chi connectivity index (χ3n) is 7.82. The van der Waals surface area contributed by atoms with Crippen molar-refractivity contribution >= 4 is 11.7 Å². The molecule has 1 aromatic heterocycles. The molecule has 1 amide bonds. The number of hydrogen-bond acceptors (Lipinski definition) is 6. The lowest BCUT2D eigenvalue weighted by Gasteiger charge is -2.43. The molecule has 0 atom stereocenters. The monoisotopic (exact) mass is 492 g/mol. The van der Waals surface area contributed by atoms with Crippen molar-refractivity contribution in [3.63, 3.8) is 0 Å². The van der Waals surface area contributed by atoms with Gasteiger partial charge in [-0.3, -0.25) is 19.6 Å². The van der Waals surface area contributed by atoms with Crippen LogP contribution in [-0.2, 0) is 4.79 Å². The zero-order valence-corrected chi connectivity index (χ0v) is 22.7. The van der Waals surface area contributed by atoms with Gasteiger partial charge in [0.1, 0.15) is 5.82 Å². The van der Waals surface area contributed by atoms with Crippen LogP contribution in [0, 0.1) is 0 Å². The number of carbonyl (C=O) groups is 1. The molecule has 2 saturated heterocycles. The fourth-order valence-corrected chi connectivity index (χ4v) is 5.19. The largest absolute Gasteiger partial charge is 0.353 e. The van der Waals surface area contributed by atoms with Crippen LogP contribution in [0.4, 0.5) is 5.82 Å². The maximum Gasteiger partial charge on any atom is 0.236 e. The van der Waals surface area contributed by atoms with Crippen molar-refractivity contribution in [2.75, 3.05) is 63.8 Å². The summed E-state index contributed by atoms with van der Waals surface area (Å²) < 4.78 is 0. The predicted octanol–water partition coefficient (Wildman–Crippen LogP) is 4.11. The molecule has 3 fully saturated rings. The molecule has 3 heterocycles. The smallest absolute Gasteiger partial charge is 0.236 e. The first-order chi connectivity index (χ1) is 17.6. The lowest BCUT2D eigenvalue weighted by atomic mass is 9.91. The number of rotatable bonds is 6. The molecule has 36 heavy (non-hydrogen) atoms. The Morgan fingerprint density at radius 2 is 1.56 bits per heavy atom. The van der Waals surface area contributed by atoms with Crippen molar-refractivity contribution in [3.8, 4) is 11.3 Å². The highest BCUT2D eigenvalue weighted by Crippen LogP contribution is 2.26. The number of hydrogen-bond donors (Lipinski definition) is 0. The highest BCUT2D eigenvalue weighted by molar-refractivity contribution is 5.78. The Labute approximate surface area is 217 Å². The van der Waals surface area contributed by atoms with Crippen LogP contribution < -0.4 is 4.90 Å². The maximum atomic E-state index is 12.8. The molecule has 3 aliphatic rings. The van der Waals surface area contributed by atoms with Gasteiger partial charge in [0.25, 0.3) is 0 Å². The molecule has 196 valence electrons. The van der Waals surface area contributed by atoms with Gasteiger partial charge in [-0.25, -0.2) is 4.98 Å². The van der Waals surface area contributed by atoms with Gasteiger partial charge in [-0.2, -0.15) is 0 Å². The second kappa shape index (κ2) is 12.6. The quantitative estimate of drug-likeness (QED) is 0.605. The van der Waals surface area contributed by atoms with E-state index < -0.39 is 0 Å². The van der Waals surface area contributed by atoms with Gasteiger partial charge in [-0.15, -0.1) is 0 Å². The Kier molecular flexibility index (Phi) is 9.32. The molecular formula is C29H44N6O. The van der Waals surface area contributed by atoms with Crippen molar-refractivity contribution in [2.24, 2.45) is 0 Å². The Morgan fingerprint density at radius 3 is 2.08 bits per heavy atom. The van der Waals surface area contributed by atoms with E-state index in [9.17, 15) is 4.79 Å². The Bertz CT molecular complexity index is 941. The maximum absolute atomic E-state index is 12.8. The van der Waals surface area contributed by atoms with E-state index in [1.54, 1.807) is 0 Å². The lowest BCUT2D eigenvalue weighted by molar-refractivity contribution is -0.134. The minimum absolute atomic E-state index is 0.286. The van der Waals surface area contributed by atoms with E-state index in [2.05, 4.69) is 62.7 Å². The lowest BCUT2D eigenvalue weighted by Crippen LogP contribution is -2.56. The van der Waals surface area contributed by atoms with E-state index in [-0.39, 0.29) is 5.91 Å². The van der Waals surface area contributed by atoms with E-state index in [0.29, 0.717) is 12.5 Å². The van der Waals surface area contributed by atoms with Crippen LogP contribution in [-0.4, -0.2) is 95.5 Å². The second-order valence-electron chi connectivity index (χ2n) is 10.3. The first kappa shape index (κ1) is 26.6. The topological polar surface area (TPSA) is 55.8 Å². The van der Waals surface area contributed by atoms with Crippen LogP contribution in [0.1, 0.15) is 58.4 Å². The van der Waals surface area contributed by atoms with Crippen LogP contribution in [0.25, 0.3) is 11.3 Å². The average molecular weight is 493 g/mol. The number of carbonyl (C=O) groups excluding carboxylic acids is 1. The van der Waals surface area contributed by atoms with Crippen LogP contribution >= 0.6 is 0 Å². The van der Waals surface area contributed by atoms with Crippen molar-refractivity contribution in [1.82, 2.24) is 24.7 Å². The minimum Gasteiger partial charge on any atom is -0.353 e. The van der Waals surface area contributed by atoms with Gasteiger partial charge >= 0.3 is 0 Å². The van der Waals surface area contributed by atoms with Crippen LogP contribution in [0.2, 0.25) is 0 Å². The van der Waals surface area contributed by atoms with Crippen molar-refractivity contribution in [3.05, 3.63) is 42.2 Å². The van der Waals surface area contributed by atoms with E-state index in [1.165, 1.54) is 24.8 Å². The molecule has 0 N–H and O–H groups in total. The van der Waals surface area contributed by atoms with E-state index in [1.807, 2.05) is 26.2 Å². The Balaban J connectivity index is 0.00000148. The summed E-state index contributed by atoms with van der Waals surface area (Å²) in [7, 11) is 0. The Hall–Kier alpha value is -2.51. The summed E-state index contributed by atoms with van der Waals surface area (Å²) in [5.41, 5.74) is 3.33. The highest BCUT2D eigenvalue weighted by atomic mass is 16.2. The van der Waals surface area contributed by atoms with Crippen LogP contribution in [0.3, 0.4) is 0 Å². The van der Waals surface area contributed by atoms with Gasteiger partial charge in [0, 0.05) is 64.0 Å². The average Bonchev–Trinajstić information content (AvgIpc) is 2.90. The molecule has 1 aliphatic carbocycles. The first-order valence-electron chi connectivity index (χ1n) is 14.0. The summed E-state index contributed by atoms with van der Waals surface area (Å²) >= 11 is 0. The molecule has 7 heteroatoms. The summed E-state index contributed by atoms with van der Waals surface area (Å²) in [5.74, 6) is 1.73. The van der Waals surface area contributed by atoms with Crippen molar-refractivity contribution in [2.45, 2.75) is 58.9 Å². The van der Waals surface area contributed by atoms with Gasteiger partial charge in [0.2, 0.25) is 5.91 Å². The van der Waals surface area contributed by atoms with Gasteiger partial charge in [0.15, 0.2) is 0 Å².